The number of methoxy groups -OCH3 is 1. The largest absolute Gasteiger partial charge is 0.453 e. The number of carbonyl (C=O) groups excluding carboxylic acids is 2. The summed E-state index contributed by atoms with van der Waals surface area (Å²) in [6, 6.07) is 4.85. The molecule has 0 unspecified atom stereocenters. The average molecular weight is 400 g/mol. The van der Waals surface area contributed by atoms with E-state index in [1.807, 2.05) is 6.07 Å². The van der Waals surface area contributed by atoms with Gasteiger partial charge in [0.25, 0.3) is 0 Å². The van der Waals surface area contributed by atoms with E-state index in [2.05, 4.69) is 25.3 Å². The molecule has 3 rings (SSSR count). The second-order valence-corrected chi connectivity index (χ2v) is 7.38. The van der Waals surface area contributed by atoms with E-state index in [0.29, 0.717) is 17.8 Å². The summed E-state index contributed by atoms with van der Waals surface area (Å²) in [6.45, 7) is 0. The highest BCUT2D eigenvalue weighted by molar-refractivity contribution is 5.90. The Bertz CT molecular complexity index is 879. The fourth-order valence-corrected chi connectivity index (χ4v) is 3.41. The lowest BCUT2D eigenvalue weighted by molar-refractivity contribution is -0.129. The molecule has 1 aromatic heterocycles. The number of likely N-dealkylation sites (N-methyl/N-ethyl adjacent to an activating group) is 1. The Kier molecular flexibility index (Phi) is 6.38. The fourth-order valence-electron chi connectivity index (χ4n) is 3.41. The van der Waals surface area contributed by atoms with Crippen LogP contribution >= 0.6 is 0 Å². The second-order valence-electron chi connectivity index (χ2n) is 7.38. The van der Waals surface area contributed by atoms with Gasteiger partial charge in [-0.2, -0.15) is 0 Å². The fraction of sp³-hybridized carbons (Fsp3) is 0.450. The number of nitrogens with two attached hydrogens (primary N) is 1. The lowest BCUT2D eigenvalue weighted by Gasteiger charge is -2.25. The zero-order valence-electron chi connectivity index (χ0n) is 17.0. The average Bonchev–Trinajstić information content (AvgIpc) is 3.19. The molecule has 0 aliphatic carbocycles. The molecule has 2 amide bonds. The zero-order valence-corrected chi connectivity index (χ0v) is 17.0. The molecule has 9 nitrogen and oxygen atoms in total. The van der Waals surface area contributed by atoms with Crippen LogP contribution < -0.4 is 16.4 Å². The van der Waals surface area contributed by atoms with E-state index >= 15 is 0 Å². The van der Waals surface area contributed by atoms with Crippen LogP contribution in [0.3, 0.4) is 0 Å². The van der Waals surface area contributed by atoms with Crippen LogP contribution in [0.25, 0.3) is 11.3 Å². The maximum atomic E-state index is 12.8. The smallest absolute Gasteiger partial charge is 0.411 e. The normalized spacial score (nSPS) is 19.0. The van der Waals surface area contributed by atoms with Crippen LogP contribution in [0.15, 0.2) is 24.4 Å². The van der Waals surface area contributed by atoms with Gasteiger partial charge < -0.3 is 25.7 Å². The summed E-state index contributed by atoms with van der Waals surface area (Å²) in [5.74, 6) is 0.734. The molecule has 1 aliphatic rings. The highest BCUT2D eigenvalue weighted by atomic mass is 16.5. The lowest BCUT2D eigenvalue weighted by atomic mass is 10.0. The molecule has 2 bridgehead atoms. The third-order valence-corrected chi connectivity index (χ3v) is 5.01. The number of nitrogens with one attached hydrogen (secondary N) is 3. The molecule has 0 saturated heterocycles. The summed E-state index contributed by atoms with van der Waals surface area (Å²) in [4.78, 5) is 33.7. The Morgan fingerprint density at radius 2 is 2.03 bits per heavy atom. The van der Waals surface area contributed by atoms with E-state index in [1.54, 1.807) is 37.3 Å². The third kappa shape index (κ3) is 4.86. The summed E-state index contributed by atoms with van der Waals surface area (Å²) in [6.07, 6.45) is 4.40. The number of hydrogen-bond acceptors (Lipinski definition) is 6. The van der Waals surface area contributed by atoms with Crippen LogP contribution in [0, 0.1) is 0 Å². The number of ether oxygens (including phenoxy) is 1. The highest BCUT2D eigenvalue weighted by Gasteiger charge is 2.23. The Morgan fingerprint density at radius 3 is 2.76 bits per heavy atom. The van der Waals surface area contributed by atoms with Crippen molar-refractivity contribution in [1.29, 1.82) is 0 Å². The van der Waals surface area contributed by atoms with Crippen molar-refractivity contribution in [3.8, 4) is 11.3 Å². The van der Waals surface area contributed by atoms with Gasteiger partial charge in [0.1, 0.15) is 11.9 Å². The van der Waals surface area contributed by atoms with Gasteiger partial charge in [-0.3, -0.25) is 10.1 Å². The number of H-pyrrole nitrogens is 1. The number of aromatic amines is 1. The maximum absolute atomic E-state index is 12.8. The van der Waals surface area contributed by atoms with Crippen LogP contribution in [0.4, 0.5) is 16.2 Å². The molecule has 9 heteroatoms. The number of fused-ring (bicyclic) bond motifs is 4. The predicted octanol–water partition coefficient (Wildman–Crippen LogP) is 2.70. The van der Waals surface area contributed by atoms with Crippen molar-refractivity contribution in [1.82, 2.24) is 14.9 Å². The number of amides is 2. The van der Waals surface area contributed by atoms with Gasteiger partial charge >= 0.3 is 6.09 Å². The van der Waals surface area contributed by atoms with Crippen LogP contribution in [0.5, 0.6) is 0 Å². The molecule has 29 heavy (non-hydrogen) atoms. The number of imidazole rings is 1. The van der Waals surface area contributed by atoms with Crippen LogP contribution in [-0.4, -0.2) is 54.1 Å². The van der Waals surface area contributed by atoms with Crippen molar-refractivity contribution in [3.63, 3.8) is 0 Å². The summed E-state index contributed by atoms with van der Waals surface area (Å²) in [7, 11) is 4.79. The van der Waals surface area contributed by atoms with Crippen molar-refractivity contribution in [2.75, 3.05) is 31.8 Å². The molecule has 0 spiro atoms. The summed E-state index contributed by atoms with van der Waals surface area (Å²) in [5, 5.41) is 6.04. The van der Waals surface area contributed by atoms with Gasteiger partial charge in [-0.1, -0.05) is 12.8 Å². The first-order chi connectivity index (χ1) is 13.9. The van der Waals surface area contributed by atoms with Crippen molar-refractivity contribution in [2.24, 2.45) is 5.73 Å². The van der Waals surface area contributed by atoms with E-state index in [0.717, 1.165) is 36.3 Å². The van der Waals surface area contributed by atoms with E-state index in [4.69, 9.17) is 5.73 Å². The molecule has 2 heterocycles. The van der Waals surface area contributed by atoms with E-state index < -0.39 is 12.1 Å². The number of benzene rings is 1. The predicted molar refractivity (Wildman–Crippen MR) is 112 cm³/mol. The summed E-state index contributed by atoms with van der Waals surface area (Å²) < 4.78 is 4.67. The SMILES string of the molecule is COC(=O)Nc1ccc2c(c1)N[C@@H](C(=O)N(C)C)CCCC[C@H](N)c1ncc-2[nH]1. The monoisotopic (exact) mass is 400 g/mol. The molecule has 2 aromatic rings. The number of hydrogen-bond donors (Lipinski definition) is 4. The molecule has 156 valence electrons. The Morgan fingerprint density at radius 1 is 1.28 bits per heavy atom. The molecule has 5 N–H and O–H groups in total. The molecule has 0 saturated carbocycles. The minimum atomic E-state index is -0.561. The highest BCUT2D eigenvalue weighted by Crippen LogP contribution is 2.32. The topological polar surface area (TPSA) is 125 Å². The number of carbonyl (C=O) groups is 2. The van der Waals surface area contributed by atoms with Crippen LogP contribution in [-0.2, 0) is 9.53 Å². The number of rotatable bonds is 2. The molecular formula is C20H28N6O3. The third-order valence-electron chi connectivity index (χ3n) is 5.01. The van der Waals surface area contributed by atoms with E-state index in [-0.39, 0.29) is 11.9 Å². The molecule has 2 atom stereocenters. The first kappa shape index (κ1) is 20.7. The zero-order chi connectivity index (χ0) is 21.0. The van der Waals surface area contributed by atoms with Gasteiger partial charge in [-0.05, 0) is 31.0 Å². The molecule has 1 aliphatic heterocycles. The molecule has 0 fully saturated rings. The van der Waals surface area contributed by atoms with E-state index in [9.17, 15) is 9.59 Å². The van der Waals surface area contributed by atoms with Crippen molar-refractivity contribution in [3.05, 3.63) is 30.2 Å². The van der Waals surface area contributed by atoms with Gasteiger partial charge in [-0.25, -0.2) is 9.78 Å². The first-order valence-corrected chi connectivity index (χ1v) is 9.66. The first-order valence-electron chi connectivity index (χ1n) is 9.66. The van der Waals surface area contributed by atoms with Gasteiger partial charge in [0, 0.05) is 31.0 Å². The quantitative estimate of drug-likeness (QED) is 0.614. The summed E-state index contributed by atoms with van der Waals surface area (Å²) in [5.41, 5.74) is 9.17. The van der Waals surface area contributed by atoms with Crippen LogP contribution in [0.2, 0.25) is 0 Å². The Balaban J connectivity index is 2.04. The second kappa shape index (κ2) is 8.95. The Hall–Kier alpha value is -3.07. The van der Waals surface area contributed by atoms with Gasteiger partial charge in [0.15, 0.2) is 0 Å². The maximum Gasteiger partial charge on any atom is 0.411 e. The number of nitrogens with zero attached hydrogens (tertiary/aromatic N) is 2. The Labute approximate surface area is 170 Å². The molecule has 1 aromatic carbocycles. The number of anilines is 2. The summed E-state index contributed by atoms with van der Waals surface area (Å²) >= 11 is 0. The standard InChI is InChI=1S/C20H28N6O3/c1-26(2)19(27)15-7-5-4-6-14(21)18-22-11-17(25-18)13-9-8-12(10-16(13)24-15)23-20(28)29-3/h8-11,14-15,24H,4-7,21H2,1-3H3,(H,22,25)(H,23,28)/t14-,15+/m0/s1. The molecule has 0 radical (unpaired) electrons. The molecular weight excluding hydrogens is 372 g/mol. The minimum absolute atomic E-state index is 0.00561. The van der Waals surface area contributed by atoms with Crippen LogP contribution in [0.1, 0.15) is 37.5 Å². The van der Waals surface area contributed by atoms with Crippen molar-refractivity contribution in [2.45, 2.75) is 37.8 Å². The minimum Gasteiger partial charge on any atom is -0.453 e. The van der Waals surface area contributed by atoms with E-state index in [1.165, 1.54) is 7.11 Å². The van der Waals surface area contributed by atoms with Gasteiger partial charge in [0.05, 0.1) is 25.0 Å². The number of aromatic nitrogens is 2. The van der Waals surface area contributed by atoms with Crippen molar-refractivity contribution < 1.29 is 14.3 Å². The van der Waals surface area contributed by atoms with Gasteiger partial charge in [-0.15, -0.1) is 0 Å². The van der Waals surface area contributed by atoms with Gasteiger partial charge in [0.2, 0.25) is 5.91 Å². The van der Waals surface area contributed by atoms with Crippen molar-refractivity contribution >= 4 is 23.4 Å². The lowest BCUT2D eigenvalue weighted by Crippen LogP contribution is -2.39.